The monoisotopic (exact) mass is 188 g/mol. The van der Waals surface area contributed by atoms with Crippen LogP contribution in [-0.4, -0.2) is 5.92 Å². The Morgan fingerprint density at radius 2 is 1.15 bits per heavy atom. The van der Waals surface area contributed by atoms with Crippen molar-refractivity contribution in [2.24, 2.45) is 5.41 Å². The van der Waals surface area contributed by atoms with Crippen LogP contribution < -0.4 is 0 Å². The van der Waals surface area contributed by atoms with E-state index in [0.717, 1.165) is 12.8 Å². The van der Waals surface area contributed by atoms with Crippen LogP contribution in [0.4, 0.5) is 8.78 Å². The maximum absolute atomic E-state index is 12.9. The molecule has 2 aliphatic carbocycles. The molecule has 0 radical (unpaired) electrons. The van der Waals surface area contributed by atoms with E-state index in [9.17, 15) is 8.78 Å². The van der Waals surface area contributed by atoms with Gasteiger partial charge in [-0.05, 0) is 31.1 Å². The summed E-state index contributed by atoms with van der Waals surface area (Å²) < 4.78 is 25.9. The van der Waals surface area contributed by atoms with Crippen molar-refractivity contribution in [1.29, 1.82) is 0 Å². The van der Waals surface area contributed by atoms with E-state index in [-0.39, 0.29) is 12.8 Å². The van der Waals surface area contributed by atoms with E-state index in [1.54, 1.807) is 0 Å². The number of alkyl halides is 2. The fourth-order valence-corrected chi connectivity index (χ4v) is 2.95. The Hall–Kier alpha value is -0.140. The molecule has 0 amide bonds. The molecule has 2 saturated carbocycles. The summed E-state index contributed by atoms with van der Waals surface area (Å²) in [5.41, 5.74) is 0.333. The van der Waals surface area contributed by atoms with Gasteiger partial charge in [-0.1, -0.05) is 19.3 Å². The SMILES string of the molecule is FC1(F)CCC2(CCCCC2)CC1. The molecule has 2 aliphatic rings. The van der Waals surface area contributed by atoms with Gasteiger partial charge in [0.15, 0.2) is 0 Å². The van der Waals surface area contributed by atoms with E-state index in [1.165, 1.54) is 32.1 Å². The number of rotatable bonds is 0. The zero-order chi connectivity index (χ0) is 9.36. The fourth-order valence-electron chi connectivity index (χ4n) is 2.95. The minimum absolute atomic E-state index is 0.146. The Bertz CT molecular complexity index is 169. The molecule has 13 heavy (non-hydrogen) atoms. The average Bonchev–Trinajstić information content (AvgIpc) is 2.13. The van der Waals surface area contributed by atoms with Crippen LogP contribution in [0.1, 0.15) is 57.8 Å². The molecule has 0 nitrogen and oxygen atoms in total. The second kappa shape index (κ2) is 3.21. The second-order valence-electron chi connectivity index (χ2n) is 4.92. The van der Waals surface area contributed by atoms with Crippen molar-refractivity contribution in [3.63, 3.8) is 0 Å². The smallest absolute Gasteiger partial charge is 0.207 e. The highest BCUT2D eigenvalue weighted by Crippen LogP contribution is 2.51. The van der Waals surface area contributed by atoms with Gasteiger partial charge in [0.2, 0.25) is 5.92 Å². The predicted octanol–water partition coefficient (Wildman–Crippen LogP) is 4.15. The van der Waals surface area contributed by atoms with Gasteiger partial charge in [0, 0.05) is 12.8 Å². The number of hydrogen-bond donors (Lipinski definition) is 0. The Balaban J connectivity index is 1.95. The van der Waals surface area contributed by atoms with Crippen molar-refractivity contribution in [2.75, 3.05) is 0 Å². The fraction of sp³-hybridized carbons (Fsp3) is 1.00. The number of halogens is 2. The largest absolute Gasteiger partial charge is 0.248 e. The van der Waals surface area contributed by atoms with Crippen LogP contribution in [0.25, 0.3) is 0 Å². The average molecular weight is 188 g/mol. The van der Waals surface area contributed by atoms with Gasteiger partial charge in [-0.15, -0.1) is 0 Å². The lowest BCUT2D eigenvalue weighted by Gasteiger charge is -2.42. The quantitative estimate of drug-likeness (QED) is 0.535. The van der Waals surface area contributed by atoms with E-state index in [1.807, 2.05) is 0 Å². The first-order valence-corrected chi connectivity index (χ1v) is 5.50. The Kier molecular flexibility index (Phi) is 2.33. The normalized spacial score (nSPS) is 31.8. The van der Waals surface area contributed by atoms with Crippen molar-refractivity contribution in [2.45, 2.75) is 63.7 Å². The van der Waals surface area contributed by atoms with Gasteiger partial charge in [0.1, 0.15) is 0 Å². The van der Waals surface area contributed by atoms with E-state index >= 15 is 0 Å². The first-order valence-electron chi connectivity index (χ1n) is 5.50. The molecule has 0 aromatic heterocycles. The highest BCUT2D eigenvalue weighted by Gasteiger charge is 2.43. The molecule has 0 bridgehead atoms. The predicted molar refractivity (Wildman–Crippen MR) is 48.9 cm³/mol. The third kappa shape index (κ3) is 2.03. The van der Waals surface area contributed by atoms with E-state index < -0.39 is 5.92 Å². The van der Waals surface area contributed by atoms with E-state index in [4.69, 9.17) is 0 Å². The Morgan fingerprint density at radius 3 is 1.69 bits per heavy atom. The summed E-state index contributed by atoms with van der Waals surface area (Å²) in [6.45, 7) is 0. The molecule has 0 atom stereocenters. The maximum atomic E-state index is 12.9. The van der Waals surface area contributed by atoms with Gasteiger partial charge in [-0.25, -0.2) is 8.78 Å². The van der Waals surface area contributed by atoms with E-state index in [2.05, 4.69) is 0 Å². The lowest BCUT2D eigenvalue weighted by Crippen LogP contribution is -2.34. The summed E-state index contributed by atoms with van der Waals surface area (Å²) >= 11 is 0. The molecule has 0 N–H and O–H groups in total. The van der Waals surface area contributed by atoms with Crippen LogP contribution in [0.15, 0.2) is 0 Å². The third-order valence-electron chi connectivity index (χ3n) is 3.96. The molecule has 0 aliphatic heterocycles. The first-order chi connectivity index (χ1) is 6.12. The summed E-state index contributed by atoms with van der Waals surface area (Å²) in [6.07, 6.45) is 8.13. The Labute approximate surface area is 78.7 Å². The van der Waals surface area contributed by atoms with Crippen molar-refractivity contribution >= 4 is 0 Å². The lowest BCUT2D eigenvalue weighted by atomic mass is 9.65. The van der Waals surface area contributed by atoms with Gasteiger partial charge in [0.05, 0.1) is 0 Å². The molecule has 0 unspecified atom stereocenters. The summed E-state index contributed by atoms with van der Waals surface area (Å²) in [5, 5.41) is 0. The molecule has 0 saturated heterocycles. The zero-order valence-corrected chi connectivity index (χ0v) is 8.12. The molecule has 2 heteroatoms. The molecule has 76 valence electrons. The molecule has 2 rings (SSSR count). The molecular weight excluding hydrogens is 170 g/mol. The summed E-state index contributed by atoms with van der Waals surface area (Å²) in [5.74, 6) is -2.34. The van der Waals surface area contributed by atoms with Crippen LogP contribution in [0.5, 0.6) is 0 Å². The number of hydrogen-bond acceptors (Lipinski definition) is 0. The van der Waals surface area contributed by atoms with Crippen LogP contribution in [-0.2, 0) is 0 Å². The minimum atomic E-state index is -2.34. The van der Waals surface area contributed by atoms with Gasteiger partial charge in [-0.2, -0.15) is 0 Å². The molecule has 0 heterocycles. The second-order valence-corrected chi connectivity index (χ2v) is 4.92. The van der Waals surface area contributed by atoms with Crippen molar-refractivity contribution < 1.29 is 8.78 Å². The zero-order valence-electron chi connectivity index (χ0n) is 8.12. The molecule has 1 spiro atoms. The third-order valence-corrected chi connectivity index (χ3v) is 3.96. The van der Waals surface area contributed by atoms with E-state index in [0.29, 0.717) is 5.41 Å². The Morgan fingerprint density at radius 1 is 0.615 bits per heavy atom. The van der Waals surface area contributed by atoms with Crippen LogP contribution in [0, 0.1) is 5.41 Å². The highest BCUT2D eigenvalue weighted by atomic mass is 19.3. The van der Waals surface area contributed by atoms with Gasteiger partial charge < -0.3 is 0 Å². The summed E-state index contributed by atoms with van der Waals surface area (Å²) in [7, 11) is 0. The first kappa shape index (κ1) is 9.42. The molecular formula is C11H18F2. The van der Waals surface area contributed by atoms with Gasteiger partial charge >= 0.3 is 0 Å². The van der Waals surface area contributed by atoms with Crippen LogP contribution in [0.3, 0.4) is 0 Å². The summed E-state index contributed by atoms with van der Waals surface area (Å²) in [6, 6.07) is 0. The standard InChI is InChI=1S/C11H18F2/c12-11(13)8-6-10(7-9-11)4-2-1-3-5-10/h1-9H2. The van der Waals surface area contributed by atoms with Crippen molar-refractivity contribution in [1.82, 2.24) is 0 Å². The molecule has 0 aromatic carbocycles. The van der Waals surface area contributed by atoms with Crippen molar-refractivity contribution in [3.8, 4) is 0 Å². The minimum Gasteiger partial charge on any atom is -0.207 e. The molecule has 0 aromatic rings. The lowest BCUT2D eigenvalue weighted by molar-refractivity contribution is -0.0747. The van der Waals surface area contributed by atoms with Crippen LogP contribution >= 0.6 is 0 Å². The van der Waals surface area contributed by atoms with Crippen molar-refractivity contribution in [3.05, 3.63) is 0 Å². The summed E-state index contributed by atoms with van der Waals surface area (Å²) in [4.78, 5) is 0. The van der Waals surface area contributed by atoms with Gasteiger partial charge in [0.25, 0.3) is 0 Å². The topological polar surface area (TPSA) is 0 Å². The maximum Gasteiger partial charge on any atom is 0.248 e. The molecule has 2 fully saturated rings. The van der Waals surface area contributed by atoms with Gasteiger partial charge in [-0.3, -0.25) is 0 Å². The highest BCUT2D eigenvalue weighted by molar-refractivity contribution is 4.90. The van der Waals surface area contributed by atoms with Crippen LogP contribution in [0.2, 0.25) is 0 Å².